The van der Waals surface area contributed by atoms with Crippen LogP contribution in [0.25, 0.3) is 16.3 Å². The van der Waals surface area contributed by atoms with Gasteiger partial charge in [0.25, 0.3) is 5.91 Å². The number of carbonyl (C=O) groups is 1. The van der Waals surface area contributed by atoms with E-state index in [1.807, 2.05) is 0 Å². The highest BCUT2D eigenvalue weighted by atomic mass is 32.1. The fourth-order valence-corrected chi connectivity index (χ4v) is 4.56. The molecule has 0 unspecified atom stereocenters. The van der Waals surface area contributed by atoms with Crippen LogP contribution >= 0.6 is 11.3 Å². The standard InChI is InChI=1S/C25H30FN3O4S/c1-6-28(7-2)12-13-29(25-27-19-10-9-18(26)16-22(19)34-25)23(30)11-8-17-14-20(31-3)24(33-5)21(15-17)32-4/h8-11,14-16H,6-7,12-13H2,1-5H3. The smallest absolute Gasteiger partial charge is 0.252 e. The van der Waals surface area contributed by atoms with Crippen molar-refractivity contribution < 1.29 is 23.4 Å². The molecule has 0 bridgehead atoms. The first-order valence-electron chi connectivity index (χ1n) is 11.0. The van der Waals surface area contributed by atoms with Crippen molar-refractivity contribution in [3.05, 3.63) is 47.8 Å². The maximum Gasteiger partial charge on any atom is 0.252 e. The maximum atomic E-state index is 13.7. The third kappa shape index (κ3) is 5.84. The zero-order valence-electron chi connectivity index (χ0n) is 20.1. The predicted octanol–water partition coefficient (Wildman–Crippen LogP) is 4.85. The van der Waals surface area contributed by atoms with Gasteiger partial charge >= 0.3 is 0 Å². The van der Waals surface area contributed by atoms with Gasteiger partial charge in [0, 0.05) is 19.2 Å². The third-order valence-electron chi connectivity index (χ3n) is 5.48. The molecular formula is C25H30FN3O4S. The van der Waals surface area contributed by atoms with Gasteiger partial charge in [-0.3, -0.25) is 9.69 Å². The minimum atomic E-state index is -0.328. The van der Waals surface area contributed by atoms with Crippen molar-refractivity contribution in [3.63, 3.8) is 0 Å². The monoisotopic (exact) mass is 487 g/mol. The van der Waals surface area contributed by atoms with E-state index < -0.39 is 0 Å². The average Bonchev–Trinajstić information content (AvgIpc) is 3.27. The fourth-order valence-electron chi connectivity index (χ4n) is 3.54. The second kappa shape index (κ2) is 11.8. The molecule has 0 aliphatic heterocycles. The van der Waals surface area contributed by atoms with Crippen LogP contribution in [0.2, 0.25) is 0 Å². The molecule has 0 atom stereocenters. The molecule has 0 N–H and O–H groups in total. The summed E-state index contributed by atoms with van der Waals surface area (Å²) in [6, 6.07) is 7.98. The lowest BCUT2D eigenvalue weighted by Crippen LogP contribution is -2.38. The van der Waals surface area contributed by atoms with Gasteiger partial charge in [-0.05, 0) is 55.1 Å². The number of halogens is 1. The van der Waals surface area contributed by atoms with Gasteiger partial charge < -0.3 is 19.1 Å². The molecule has 182 valence electrons. The number of likely N-dealkylation sites (N-methyl/N-ethyl adjacent to an activating group) is 1. The van der Waals surface area contributed by atoms with Crippen LogP contribution in [0.3, 0.4) is 0 Å². The molecular weight excluding hydrogens is 457 g/mol. The number of thiazole rings is 1. The van der Waals surface area contributed by atoms with Crippen LogP contribution in [-0.4, -0.2) is 63.3 Å². The van der Waals surface area contributed by atoms with Gasteiger partial charge in [0.15, 0.2) is 16.6 Å². The van der Waals surface area contributed by atoms with E-state index in [2.05, 4.69) is 23.7 Å². The molecule has 0 saturated heterocycles. The van der Waals surface area contributed by atoms with Gasteiger partial charge in [0.05, 0.1) is 31.5 Å². The summed E-state index contributed by atoms with van der Waals surface area (Å²) in [5.41, 5.74) is 1.38. The number of rotatable bonds is 11. The first-order chi connectivity index (χ1) is 16.4. The number of ether oxygens (including phenoxy) is 3. The average molecular weight is 488 g/mol. The molecule has 1 aromatic heterocycles. The number of fused-ring (bicyclic) bond motifs is 1. The van der Waals surface area contributed by atoms with Crippen LogP contribution < -0.4 is 19.1 Å². The van der Waals surface area contributed by atoms with Gasteiger partial charge in [-0.25, -0.2) is 9.37 Å². The Hall–Kier alpha value is -3.17. The summed E-state index contributed by atoms with van der Waals surface area (Å²) < 4.78 is 30.5. The lowest BCUT2D eigenvalue weighted by atomic mass is 10.1. The summed E-state index contributed by atoms with van der Waals surface area (Å²) in [5, 5.41) is 0.535. The van der Waals surface area contributed by atoms with E-state index in [1.54, 1.807) is 43.4 Å². The van der Waals surface area contributed by atoms with E-state index in [1.165, 1.54) is 36.7 Å². The number of anilines is 1. The number of hydrogen-bond donors (Lipinski definition) is 0. The molecule has 3 aromatic rings. The maximum absolute atomic E-state index is 13.7. The van der Waals surface area contributed by atoms with Crippen LogP contribution in [-0.2, 0) is 4.79 Å². The molecule has 0 fully saturated rings. The van der Waals surface area contributed by atoms with Gasteiger partial charge in [0.1, 0.15) is 5.82 Å². The first-order valence-corrected chi connectivity index (χ1v) is 11.8. The van der Waals surface area contributed by atoms with Crippen LogP contribution in [0.5, 0.6) is 17.2 Å². The summed E-state index contributed by atoms with van der Waals surface area (Å²) in [7, 11) is 4.62. The van der Waals surface area contributed by atoms with E-state index in [0.29, 0.717) is 45.7 Å². The Morgan fingerprint density at radius 1 is 1.03 bits per heavy atom. The Bertz CT molecular complexity index is 1140. The number of benzene rings is 2. The molecule has 0 radical (unpaired) electrons. The predicted molar refractivity (Wildman–Crippen MR) is 135 cm³/mol. The third-order valence-corrected chi connectivity index (χ3v) is 6.52. The summed E-state index contributed by atoms with van der Waals surface area (Å²) in [6.45, 7) is 7.08. The first kappa shape index (κ1) is 25.5. The number of methoxy groups -OCH3 is 3. The molecule has 2 aromatic carbocycles. The van der Waals surface area contributed by atoms with Crippen molar-refractivity contribution >= 4 is 38.7 Å². The minimum absolute atomic E-state index is 0.222. The molecule has 7 nitrogen and oxygen atoms in total. The molecule has 0 saturated carbocycles. The zero-order valence-corrected chi connectivity index (χ0v) is 20.9. The van der Waals surface area contributed by atoms with Crippen molar-refractivity contribution in [3.8, 4) is 17.2 Å². The summed E-state index contributed by atoms with van der Waals surface area (Å²) in [6.07, 6.45) is 3.19. The van der Waals surface area contributed by atoms with E-state index in [4.69, 9.17) is 14.2 Å². The quantitative estimate of drug-likeness (QED) is 0.360. The minimum Gasteiger partial charge on any atom is -0.493 e. The Labute approximate surface area is 203 Å². The highest BCUT2D eigenvalue weighted by Gasteiger charge is 2.19. The highest BCUT2D eigenvalue weighted by Crippen LogP contribution is 2.38. The van der Waals surface area contributed by atoms with E-state index in [-0.39, 0.29) is 11.7 Å². The number of aromatic nitrogens is 1. The largest absolute Gasteiger partial charge is 0.493 e. The topological polar surface area (TPSA) is 64.1 Å². The number of carbonyl (C=O) groups excluding carboxylic acids is 1. The van der Waals surface area contributed by atoms with Crippen molar-refractivity contribution in [2.24, 2.45) is 0 Å². The second-order valence-corrected chi connectivity index (χ2v) is 8.43. The summed E-state index contributed by atoms with van der Waals surface area (Å²) in [5.74, 6) is 0.934. The van der Waals surface area contributed by atoms with Crippen LogP contribution in [0.1, 0.15) is 19.4 Å². The number of hydrogen-bond acceptors (Lipinski definition) is 7. The van der Waals surface area contributed by atoms with E-state index >= 15 is 0 Å². The van der Waals surface area contributed by atoms with Gasteiger partial charge in [0.2, 0.25) is 5.75 Å². The molecule has 0 aliphatic rings. The Kier molecular flexibility index (Phi) is 8.84. The van der Waals surface area contributed by atoms with Gasteiger partial charge in [-0.2, -0.15) is 0 Å². The highest BCUT2D eigenvalue weighted by molar-refractivity contribution is 7.22. The van der Waals surface area contributed by atoms with Crippen molar-refractivity contribution in [2.75, 3.05) is 52.4 Å². The molecule has 3 rings (SSSR count). The SMILES string of the molecule is CCN(CC)CCN(C(=O)C=Cc1cc(OC)c(OC)c(OC)c1)c1nc2ccc(F)cc2s1. The second-order valence-electron chi connectivity index (χ2n) is 7.42. The molecule has 1 amide bonds. The zero-order chi connectivity index (χ0) is 24.7. The van der Waals surface area contributed by atoms with Crippen LogP contribution in [0.15, 0.2) is 36.4 Å². The Morgan fingerprint density at radius 3 is 2.29 bits per heavy atom. The lowest BCUT2D eigenvalue weighted by molar-refractivity contribution is -0.114. The van der Waals surface area contributed by atoms with E-state index in [9.17, 15) is 9.18 Å². The fraction of sp³-hybridized carbons (Fsp3) is 0.360. The summed E-state index contributed by atoms with van der Waals surface area (Å²) >= 11 is 1.30. The molecule has 34 heavy (non-hydrogen) atoms. The number of amides is 1. The Morgan fingerprint density at radius 2 is 1.71 bits per heavy atom. The summed E-state index contributed by atoms with van der Waals surface area (Å²) in [4.78, 5) is 21.8. The molecule has 0 aliphatic carbocycles. The van der Waals surface area contributed by atoms with Crippen molar-refractivity contribution in [1.82, 2.24) is 9.88 Å². The van der Waals surface area contributed by atoms with Crippen LogP contribution in [0, 0.1) is 5.82 Å². The van der Waals surface area contributed by atoms with Crippen molar-refractivity contribution in [2.45, 2.75) is 13.8 Å². The molecule has 0 spiro atoms. The van der Waals surface area contributed by atoms with Crippen LogP contribution in [0.4, 0.5) is 9.52 Å². The number of nitrogens with zero attached hydrogens (tertiary/aromatic N) is 3. The van der Waals surface area contributed by atoms with E-state index in [0.717, 1.165) is 18.7 Å². The molecule has 1 heterocycles. The molecule has 9 heteroatoms. The Balaban J connectivity index is 1.92. The van der Waals surface area contributed by atoms with Gasteiger partial charge in [-0.1, -0.05) is 25.2 Å². The van der Waals surface area contributed by atoms with Crippen molar-refractivity contribution in [1.29, 1.82) is 0 Å². The normalized spacial score (nSPS) is 11.4. The lowest BCUT2D eigenvalue weighted by Gasteiger charge is -2.23. The van der Waals surface area contributed by atoms with Gasteiger partial charge in [-0.15, -0.1) is 0 Å².